The van der Waals surface area contributed by atoms with Crippen molar-refractivity contribution in [2.24, 2.45) is 5.92 Å². The summed E-state index contributed by atoms with van der Waals surface area (Å²) in [6.07, 6.45) is 7.83. The Morgan fingerprint density at radius 3 is 2.43 bits per heavy atom. The van der Waals surface area contributed by atoms with Gasteiger partial charge in [-0.25, -0.2) is 9.97 Å². The zero-order valence-electron chi connectivity index (χ0n) is 20.2. The minimum Gasteiger partial charge on any atom is -0.435 e. The smallest absolute Gasteiger partial charge is 0.387 e. The Kier molecular flexibility index (Phi) is 6.93. The molecule has 2 amide bonds. The standard InChI is InChI=1S/C26H26F2N6O3/c1-15-22(33-24(36)17-8-9-34(20-4-5-20)23(35)10-17)11-19(14-29-15)32-26-30-12-18(13-31-26)16-2-6-21(7-3-16)37-25(27)28/h2-3,6-7,11-14,17,20,25H,4-5,8-10H2,1H3,(H,33,36)(H,30,31,32). The molecule has 0 bridgehead atoms. The van der Waals surface area contributed by atoms with Crippen LogP contribution in [-0.4, -0.2) is 50.9 Å². The van der Waals surface area contributed by atoms with E-state index in [9.17, 15) is 18.4 Å². The van der Waals surface area contributed by atoms with Gasteiger partial charge in [0, 0.05) is 42.9 Å². The highest BCUT2D eigenvalue weighted by atomic mass is 19.3. The van der Waals surface area contributed by atoms with Crippen molar-refractivity contribution < 1.29 is 23.1 Å². The van der Waals surface area contributed by atoms with Gasteiger partial charge in [-0.2, -0.15) is 8.78 Å². The number of amides is 2. The molecule has 1 saturated carbocycles. The molecule has 1 aromatic carbocycles. The number of nitrogens with zero attached hydrogens (tertiary/aromatic N) is 4. The minimum atomic E-state index is -2.88. The lowest BCUT2D eigenvalue weighted by Gasteiger charge is -2.31. The number of carbonyl (C=O) groups is 2. The van der Waals surface area contributed by atoms with E-state index in [2.05, 4.69) is 30.3 Å². The lowest BCUT2D eigenvalue weighted by atomic mass is 9.95. The number of pyridine rings is 1. The summed E-state index contributed by atoms with van der Waals surface area (Å²) in [5.74, 6) is -0.0931. The Balaban J connectivity index is 1.21. The summed E-state index contributed by atoms with van der Waals surface area (Å²) >= 11 is 0. The van der Waals surface area contributed by atoms with Crippen molar-refractivity contribution in [2.45, 2.75) is 45.3 Å². The maximum atomic E-state index is 12.9. The van der Waals surface area contributed by atoms with Crippen LogP contribution >= 0.6 is 0 Å². The van der Waals surface area contributed by atoms with Crippen LogP contribution in [0.2, 0.25) is 0 Å². The van der Waals surface area contributed by atoms with Gasteiger partial charge in [-0.05, 0) is 49.9 Å². The Labute approximate surface area is 212 Å². The Bertz CT molecular complexity index is 1280. The van der Waals surface area contributed by atoms with Gasteiger partial charge in [0.1, 0.15) is 5.75 Å². The van der Waals surface area contributed by atoms with E-state index in [1.807, 2.05) is 4.90 Å². The summed E-state index contributed by atoms with van der Waals surface area (Å²) in [7, 11) is 0. The highest BCUT2D eigenvalue weighted by Gasteiger charge is 2.38. The quantitative estimate of drug-likeness (QED) is 0.460. The fraction of sp³-hybridized carbons (Fsp3) is 0.346. The first-order chi connectivity index (χ1) is 17.9. The third kappa shape index (κ3) is 5.99. The van der Waals surface area contributed by atoms with Crippen molar-refractivity contribution in [3.63, 3.8) is 0 Å². The van der Waals surface area contributed by atoms with Gasteiger partial charge in [0.25, 0.3) is 0 Å². The second-order valence-corrected chi connectivity index (χ2v) is 9.18. The number of rotatable bonds is 8. The van der Waals surface area contributed by atoms with Crippen molar-refractivity contribution >= 4 is 29.1 Å². The number of piperidine rings is 1. The third-order valence-corrected chi connectivity index (χ3v) is 6.48. The molecule has 11 heteroatoms. The van der Waals surface area contributed by atoms with Gasteiger partial charge in [0.15, 0.2) is 0 Å². The average molecular weight is 509 g/mol. The molecular formula is C26H26F2N6O3. The molecule has 2 aliphatic rings. The second kappa shape index (κ2) is 10.5. The van der Waals surface area contributed by atoms with Crippen LogP contribution in [0, 0.1) is 12.8 Å². The maximum Gasteiger partial charge on any atom is 0.387 e. The second-order valence-electron chi connectivity index (χ2n) is 9.18. The first kappa shape index (κ1) is 24.5. The summed E-state index contributed by atoms with van der Waals surface area (Å²) in [5, 5.41) is 5.99. The number of ether oxygens (including phenoxy) is 1. The predicted octanol–water partition coefficient (Wildman–Crippen LogP) is 4.53. The molecule has 1 aliphatic carbocycles. The maximum absolute atomic E-state index is 12.9. The van der Waals surface area contributed by atoms with Crippen molar-refractivity contribution in [3.05, 3.63) is 54.6 Å². The molecule has 0 spiro atoms. The number of alkyl halides is 2. The van der Waals surface area contributed by atoms with E-state index in [0.717, 1.165) is 18.4 Å². The molecule has 1 atom stereocenters. The number of halogens is 2. The van der Waals surface area contributed by atoms with E-state index in [1.54, 1.807) is 43.7 Å². The average Bonchev–Trinajstić information content (AvgIpc) is 3.72. The molecule has 37 heavy (non-hydrogen) atoms. The SMILES string of the molecule is Cc1ncc(Nc2ncc(-c3ccc(OC(F)F)cc3)cn2)cc1NC(=O)C1CCN(C2CC2)C(=O)C1. The molecule has 1 aliphatic heterocycles. The number of aromatic nitrogens is 3. The molecular weight excluding hydrogens is 482 g/mol. The first-order valence-electron chi connectivity index (χ1n) is 12.1. The number of benzene rings is 1. The van der Waals surface area contributed by atoms with Crippen LogP contribution in [0.3, 0.4) is 0 Å². The summed E-state index contributed by atoms with van der Waals surface area (Å²) in [6.45, 7) is -0.455. The molecule has 5 rings (SSSR count). The summed E-state index contributed by atoms with van der Waals surface area (Å²) < 4.78 is 29.0. The monoisotopic (exact) mass is 508 g/mol. The van der Waals surface area contributed by atoms with E-state index >= 15 is 0 Å². The Morgan fingerprint density at radius 2 is 1.78 bits per heavy atom. The van der Waals surface area contributed by atoms with Crippen LogP contribution in [-0.2, 0) is 9.59 Å². The topological polar surface area (TPSA) is 109 Å². The number of carbonyl (C=O) groups excluding carboxylic acids is 2. The zero-order chi connectivity index (χ0) is 25.9. The fourth-order valence-electron chi connectivity index (χ4n) is 4.31. The van der Waals surface area contributed by atoms with Crippen LogP contribution in [0.15, 0.2) is 48.9 Å². The van der Waals surface area contributed by atoms with Gasteiger partial charge < -0.3 is 20.3 Å². The van der Waals surface area contributed by atoms with Crippen molar-refractivity contribution in [3.8, 4) is 16.9 Å². The van der Waals surface area contributed by atoms with Crippen LogP contribution < -0.4 is 15.4 Å². The molecule has 2 fully saturated rings. The van der Waals surface area contributed by atoms with Crippen LogP contribution in [0.25, 0.3) is 11.1 Å². The fourth-order valence-corrected chi connectivity index (χ4v) is 4.31. The van der Waals surface area contributed by atoms with Gasteiger partial charge in [-0.3, -0.25) is 14.6 Å². The molecule has 3 aromatic rings. The molecule has 3 heterocycles. The lowest BCUT2D eigenvalue weighted by Crippen LogP contribution is -2.43. The number of aryl methyl sites for hydroxylation is 1. The number of nitrogens with one attached hydrogen (secondary N) is 2. The zero-order valence-corrected chi connectivity index (χ0v) is 20.2. The van der Waals surface area contributed by atoms with Crippen LogP contribution in [0.5, 0.6) is 5.75 Å². The van der Waals surface area contributed by atoms with Crippen LogP contribution in [0.1, 0.15) is 31.4 Å². The molecule has 2 N–H and O–H groups in total. The predicted molar refractivity (Wildman–Crippen MR) is 132 cm³/mol. The first-order valence-corrected chi connectivity index (χ1v) is 12.1. The van der Waals surface area contributed by atoms with Gasteiger partial charge >= 0.3 is 6.61 Å². The van der Waals surface area contributed by atoms with Crippen LogP contribution in [0.4, 0.5) is 26.1 Å². The molecule has 9 nitrogen and oxygen atoms in total. The largest absolute Gasteiger partial charge is 0.435 e. The number of anilines is 3. The van der Waals surface area contributed by atoms with Crippen molar-refractivity contribution in [2.75, 3.05) is 17.2 Å². The van der Waals surface area contributed by atoms with E-state index in [-0.39, 0.29) is 29.9 Å². The van der Waals surface area contributed by atoms with Gasteiger partial charge in [0.05, 0.1) is 23.3 Å². The number of likely N-dealkylation sites (tertiary alicyclic amines) is 1. The highest BCUT2D eigenvalue weighted by molar-refractivity contribution is 5.96. The lowest BCUT2D eigenvalue weighted by molar-refractivity contribution is -0.139. The number of hydrogen-bond donors (Lipinski definition) is 2. The third-order valence-electron chi connectivity index (χ3n) is 6.48. The summed E-state index contributed by atoms with van der Waals surface area (Å²) in [4.78, 5) is 40.2. The van der Waals surface area contributed by atoms with E-state index in [0.29, 0.717) is 47.6 Å². The van der Waals surface area contributed by atoms with E-state index < -0.39 is 6.61 Å². The summed E-state index contributed by atoms with van der Waals surface area (Å²) in [5.41, 5.74) is 3.23. The Hall–Kier alpha value is -4.15. The van der Waals surface area contributed by atoms with Gasteiger partial charge in [-0.1, -0.05) is 12.1 Å². The van der Waals surface area contributed by atoms with Gasteiger partial charge in [-0.15, -0.1) is 0 Å². The molecule has 1 unspecified atom stereocenters. The molecule has 2 aromatic heterocycles. The molecule has 1 saturated heterocycles. The van der Waals surface area contributed by atoms with E-state index in [4.69, 9.17) is 0 Å². The minimum absolute atomic E-state index is 0.0530. The highest BCUT2D eigenvalue weighted by Crippen LogP contribution is 2.32. The van der Waals surface area contributed by atoms with Gasteiger partial charge in [0.2, 0.25) is 17.8 Å². The van der Waals surface area contributed by atoms with Crippen molar-refractivity contribution in [1.29, 1.82) is 0 Å². The summed E-state index contributed by atoms with van der Waals surface area (Å²) in [6, 6.07) is 8.31. The molecule has 192 valence electrons. The van der Waals surface area contributed by atoms with Crippen molar-refractivity contribution in [1.82, 2.24) is 19.9 Å². The van der Waals surface area contributed by atoms with E-state index in [1.165, 1.54) is 12.1 Å². The number of hydrogen-bond acceptors (Lipinski definition) is 7. The molecule has 0 radical (unpaired) electrons. The Morgan fingerprint density at radius 1 is 1.05 bits per heavy atom. The normalized spacial score (nSPS) is 17.6.